The molecule has 0 amide bonds. The molecule has 0 aliphatic heterocycles. The Balaban J connectivity index is 1.86. The first-order valence-corrected chi connectivity index (χ1v) is 6.73. The van der Waals surface area contributed by atoms with Crippen molar-refractivity contribution >= 4 is 0 Å². The molecule has 0 saturated heterocycles. The number of rotatable bonds is 3. The van der Waals surface area contributed by atoms with Gasteiger partial charge in [0, 0.05) is 24.5 Å². The molecule has 1 atom stereocenters. The van der Waals surface area contributed by atoms with Crippen molar-refractivity contribution < 1.29 is 0 Å². The average molecular weight is 232 g/mol. The lowest BCUT2D eigenvalue weighted by atomic mass is 9.75. The van der Waals surface area contributed by atoms with E-state index in [4.69, 9.17) is 0 Å². The fourth-order valence-corrected chi connectivity index (χ4v) is 2.65. The van der Waals surface area contributed by atoms with Crippen LogP contribution in [0.2, 0.25) is 0 Å². The lowest BCUT2D eigenvalue weighted by Crippen LogP contribution is -2.37. The summed E-state index contributed by atoms with van der Waals surface area (Å²) in [4.78, 5) is 4.18. The Morgan fingerprint density at radius 1 is 1.35 bits per heavy atom. The predicted molar refractivity (Wildman–Crippen MR) is 71.8 cm³/mol. The van der Waals surface area contributed by atoms with Gasteiger partial charge in [-0.15, -0.1) is 0 Å². The van der Waals surface area contributed by atoms with Gasteiger partial charge in [-0.3, -0.25) is 4.98 Å². The second kappa shape index (κ2) is 5.18. The van der Waals surface area contributed by atoms with Gasteiger partial charge in [-0.1, -0.05) is 19.9 Å². The molecule has 1 heterocycles. The summed E-state index contributed by atoms with van der Waals surface area (Å²) in [5, 5.41) is 3.73. The lowest BCUT2D eigenvalue weighted by Gasteiger charge is -2.36. The molecule has 0 radical (unpaired) electrons. The highest BCUT2D eigenvalue weighted by molar-refractivity contribution is 5.13. The Hall–Kier alpha value is -0.890. The van der Waals surface area contributed by atoms with Crippen LogP contribution in [0.3, 0.4) is 0 Å². The second-order valence-electron chi connectivity index (χ2n) is 6.11. The SMILES string of the molecule is C[C@H](NC1CCC(C)(C)CC1)c1cccnc1. The summed E-state index contributed by atoms with van der Waals surface area (Å²) in [7, 11) is 0. The topological polar surface area (TPSA) is 24.9 Å². The molecule has 2 rings (SSSR count). The first kappa shape index (κ1) is 12.6. The normalized spacial score (nSPS) is 22.3. The highest BCUT2D eigenvalue weighted by Crippen LogP contribution is 2.35. The van der Waals surface area contributed by atoms with Gasteiger partial charge in [0.1, 0.15) is 0 Å². The number of pyridine rings is 1. The second-order valence-corrected chi connectivity index (χ2v) is 6.11. The summed E-state index contributed by atoms with van der Waals surface area (Å²) < 4.78 is 0. The fraction of sp³-hybridized carbons (Fsp3) is 0.667. The molecule has 1 aromatic rings. The molecule has 0 aromatic carbocycles. The molecule has 1 aliphatic rings. The Morgan fingerprint density at radius 2 is 2.06 bits per heavy atom. The van der Waals surface area contributed by atoms with Crippen LogP contribution in [-0.4, -0.2) is 11.0 Å². The van der Waals surface area contributed by atoms with Gasteiger partial charge >= 0.3 is 0 Å². The smallest absolute Gasteiger partial charge is 0.0315 e. The molecule has 2 nitrogen and oxygen atoms in total. The van der Waals surface area contributed by atoms with Crippen LogP contribution in [0.1, 0.15) is 58.1 Å². The zero-order valence-corrected chi connectivity index (χ0v) is 11.2. The molecule has 2 heteroatoms. The summed E-state index contributed by atoms with van der Waals surface area (Å²) in [5.74, 6) is 0. The van der Waals surface area contributed by atoms with Gasteiger partial charge in [-0.2, -0.15) is 0 Å². The zero-order chi connectivity index (χ0) is 12.3. The molecule has 1 aliphatic carbocycles. The summed E-state index contributed by atoms with van der Waals surface area (Å²) in [6, 6.07) is 5.25. The van der Waals surface area contributed by atoms with E-state index in [9.17, 15) is 0 Å². The van der Waals surface area contributed by atoms with Crippen molar-refractivity contribution in [1.82, 2.24) is 10.3 Å². The number of hydrogen-bond donors (Lipinski definition) is 1. The van der Waals surface area contributed by atoms with Crippen molar-refractivity contribution in [2.45, 2.75) is 58.5 Å². The largest absolute Gasteiger partial charge is 0.307 e. The number of aromatic nitrogens is 1. The maximum Gasteiger partial charge on any atom is 0.0315 e. The highest BCUT2D eigenvalue weighted by atomic mass is 14.9. The van der Waals surface area contributed by atoms with E-state index in [1.54, 1.807) is 0 Å². The van der Waals surface area contributed by atoms with E-state index >= 15 is 0 Å². The predicted octanol–water partition coefficient (Wildman–Crippen LogP) is 3.70. The summed E-state index contributed by atoms with van der Waals surface area (Å²) in [5.41, 5.74) is 1.84. The van der Waals surface area contributed by atoms with Crippen molar-refractivity contribution in [2.75, 3.05) is 0 Å². The van der Waals surface area contributed by atoms with E-state index in [0.717, 1.165) is 0 Å². The maximum atomic E-state index is 4.18. The molecule has 0 unspecified atom stereocenters. The number of nitrogens with zero attached hydrogens (tertiary/aromatic N) is 1. The van der Waals surface area contributed by atoms with Crippen LogP contribution in [-0.2, 0) is 0 Å². The van der Waals surface area contributed by atoms with Gasteiger partial charge < -0.3 is 5.32 Å². The van der Waals surface area contributed by atoms with Crippen LogP contribution in [0.4, 0.5) is 0 Å². The van der Waals surface area contributed by atoms with Crippen molar-refractivity contribution in [3.63, 3.8) is 0 Å². The number of hydrogen-bond acceptors (Lipinski definition) is 2. The van der Waals surface area contributed by atoms with E-state index < -0.39 is 0 Å². The van der Waals surface area contributed by atoms with E-state index in [1.807, 2.05) is 18.5 Å². The molecule has 0 bridgehead atoms. The Bertz CT molecular complexity index is 335. The molecule has 0 spiro atoms. The Morgan fingerprint density at radius 3 is 2.65 bits per heavy atom. The molecular weight excluding hydrogens is 208 g/mol. The third-order valence-electron chi connectivity index (χ3n) is 4.01. The van der Waals surface area contributed by atoms with Crippen LogP contribution in [0, 0.1) is 5.41 Å². The fourth-order valence-electron chi connectivity index (χ4n) is 2.65. The zero-order valence-electron chi connectivity index (χ0n) is 11.2. The van der Waals surface area contributed by atoms with Gasteiger partial charge in [0.15, 0.2) is 0 Å². The Labute approximate surface area is 105 Å². The summed E-state index contributed by atoms with van der Waals surface area (Å²) in [6.07, 6.45) is 9.08. The van der Waals surface area contributed by atoms with Crippen molar-refractivity contribution in [2.24, 2.45) is 5.41 Å². The van der Waals surface area contributed by atoms with Crippen LogP contribution in [0.25, 0.3) is 0 Å². The van der Waals surface area contributed by atoms with E-state index in [0.29, 0.717) is 17.5 Å². The van der Waals surface area contributed by atoms with E-state index in [2.05, 4.69) is 37.1 Å². The molecule has 1 fully saturated rings. The standard InChI is InChI=1S/C15H24N2/c1-12(13-5-4-10-16-11-13)17-14-6-8-15(2,3)9-7-14/h4-5,10-12,14,17H,6-9H2,1-3H3/t12-/m0/s1. The van der Waals surface area contributed by atoms with Crippen molar-refractivity contribution in [1.29, 1.82) is 0 Å². The molecule has 17 heavy (non-hydrogen) atoms. The van der Waals surface area contributed by atoms with Gasteiger partial charge in [-0.05, 0) is 49.7 Å². The van der Waals surface area contributed by atoms with Crippen LogP contribution in [0.5, 0.6) is 0 Å². The van der Waals surface area contributed by atoms with Crippen LogP contribution >= 0.6 is 0 Å². The lowest BCUT2D eigenvalue weighted by molar-refractivity contribution is 0.200. The third kappa shape index (κ3) is 3.53. The molecule has 94 valence electrons. The van der Waals surface area contributed by atoms with Gasteiger partial charge in [0.2, 0.25) is 0 Å². The quantitative estimate of drug-likeness (QED) is 0.859. The molecule has 1 aromatic heterocycles. The first-order valence-electron chi connectivity index (χ1n) is 6.73. The molecule has 1 saturated carbocycles. The molecular formula is C15H24N2. The monoisotopic (exact) mass is 232 g/mol. The average Bonchev–Trinajstić information content (AvgIpc) is 2.33. The van der Waals surface area contributed by atoms with Gasteiger partial charge in [0.05, 0.1) is 0 Å². The minimum Gasteiger partial charge on any atom is -0.307 e. The minimum absolute atomic E-state index is 0.412. The van der Waals surface area contributed by atoms with Crippen molar-refractivity contribution in [3.05, 3.63) is 30.1 Å². The molecule has 1 N–H and O–H groups in total. The minimum atomic E-state index is 0.412. The number of nitrogens with one attached hydrogen (secondary N) is 1. The van der Waals surface area contributed by atoms with Crippen LogP contribution in [0.15, 0.2) is 24.5 Å². The third-order valence-corrected chi connectivity index (χ3v) is 4.01. The van der Waals surface area contributed by atoms with Gasteiger partial charge in [-0.25, -0.2) is 0 Å². The van der Waals surface area contributed by atoms with Crippen LogP contribution < -0.4 is 5.32 Å². The Kier molecular flexibility index (Phi) is 3.82. The highest BCUT2D eigenvalue weighted by Gasteiger charge is 2.27. The van der Waals surface area contributed by atoms with E-state index in [-0.39, 0.29) is 0 Å². The van der Waals surface area contributed by atoms with E-state index in [1.165, 1.54) is 31.2 Å². The van der Waals surface area contributed by atoms with Gasteiger partial charge in [0.25, 0.3) is 0 Å². The maximum absolute atomic E-state index is 4.18. The van der Waals surface area contributed by atoms with Crippen molar-refractivity contribution in [3.8, 4) is 0 Å². The summed E-state index contributed by atoms with van der Waals surface area (Å²) in [6.45, 7) is 7.00. The first-order chi connectivity index (χ1) is 8.07. The summed E-state index contributed by atoms with van der Waals surface area (Å²) >= 11 is 0.